The smallest absolute Gasteiger partial charge is 0.208 e. The summed E-state index contributed by atoms with van der Waals surface area (Å²) in [6.07, 6.45) is 12.1. The average molecular weight is 245 g/mol. The number of imidazole rings is 1. The van der Waals surface area contributed by atoms with Gasteiger partial charge in [0.25, 0.3) is 0 Å². The van der Waals surface area contributed by atoms with Crippen molar-refractivity contribution in [3.8, 4) is 5.82 Å². The lowest BCUT2D eigenvalue weighted by Gasteiger charge is -2.23. The maximum absolute atomic E-state index is 4.42. The van der Waals surface area contributed by atoms with Crippen molar-refractivity contribution in [3.05, 3.63) is 24.7 Å². The van der Waals surface area contributed by atoms with Crippen LogP contribution < -0.4 is 5.32 Å². The van der Waals surface area contributed by atoms with E-state index in [1.807, 2.05) is 30.2 Å². The van der Waals surface area contributed by atoms with E-state index < -0.39 is 0 Å². The summed E-state index contributed by atoms with van der Waals surface area (Å²) in [5, 5.41) is 7.76. The lowest BCUT2D eigenvalue weighted by molar-refractivity contribution is 0.460. The van der Waals surface area contributed by atoms with Crippen LogP contribution in [0.2, 0.25) is 0 Å². The fourth-order valence-corrected chi connectivity index (χ4v) is 2.63. The first-order chi connectivity index (χ1) is 8.84. The molecule has 96 valence electrons. The van der Waals surface area contributed by atoms with Crippen LogP contribution in [0, 0.1) is 0 Å². The Morgan fingerprint density at radius 1 is 1.22 bits per heavy atom. The van der Waals surface area contributed by atoms with Crippen molar-refractivity contribution < 1.29 is 0 Å². The second-order valence-electron chi connectivity index (χ2n) is 4.91. The van der Waals surface area contributed by atoms with Gasteiger partial charge in [-0.1, -0.05) is 19.3 Å². The predicted molar refractivity (Wildman–Crippen MR) is 70.8 cm³/mol. The van der Waals surface area contributed by atoms with Crippen LogP contribution in [0.15, 0.2) is 24.7 Å². The van der Waals surface area contributed by atoms with Crippen LogP contribution in [-0.2, 0) is 7.05 Å². The van der Waals surface area contributed by atoms with E-state index in [1.165, 1.54) is 32.1 Å². The highest BCUT2D eigenvalue weighted by molar-refractivity contribution is 5.38. The Kier molecular flexibility index (Phi) is 3.04. The molecule has 1 N–H and O–H groups in total. The Morgan fingerprint density at radius 2 is 2.06 bits per heavy atom. The van der Waals surface area contributed by atoms with E-state index in [0.717, 1.165) is 11.8 Å². The van der Waals surface area contributed by atoms with Gasteiger partial charge in [0.2, 0.25) is 5.95 Å². The molecular formula is C13H19N5. The number of aryl methyl sites for hydroxylation is 1. The normalized spacial score (nSPS) is 16.9. The minimum atomic E-state index is 0.563. The van der Waals surface area contributed by atoms with Gasteiger partial charge in [0.05, 0.1) is 6.20 Å². The highest BCUT2D eigenvalue weighted by Crippen LogP contribution is 2.22. The number of hydrogen-bond acceptors (Lipinski definition) is 3. The van der Waals surface area contributed by atoms with Crippen LogP contribution in [0.1, 0.15) is 32.1 Å². The predicted octanol–water partition coefficient (Wildman–Crippen LogP) is 2.35. The van der Waals surface area contributed by atoms with E-state index in [4.69, 9.17) is 0 Å². The molecule has 2 aromatic heterocycles. The lowest BCUT2D eigenvalue weighted by Crippen LogP contribution is -2.24. The summed E-state index contributed by atoms with van der Waals surface area (Å²) in [5.74, 6) is 1.95. The molecule has 0 bridgehead atoms. The molecule has 0 amide bonds. The van der Waals surface area contributed by atoms with E-state index in [-0.39, 0.29) is 0 Å². The average Bonchev–Trinajstić information content (AvgIpc) is 2.99. The zero-order valence-electron chi connectivity index (χ0n) is 10.7. The minimum absolute atomic E-state index is 0.563. The first-order valence-electron chi connectivity index (χ1n) is 6.63. The van der Waals surface area contributed by atoms with Crippen LogP contribution in [-0.4, -0.2) is 25.4 Å². The molecule has 0 aliphatic heterocycles. The standard InChI is InChI=1S/C13H19N5/c1-17-12(7-8-15-17)18-10-9-14-13(18)16-11-5-3-2-4-6-11/h7-11H,2-6H2,1H3,(H,14,16). The fourth-order valence-electron chi connectivity index (χ4n) is 2.63. The molecule has 0 spiro atoms. The highest BCUT2D eigenvalue weighted by Gasteiger charge is 2.16. The summed E-state index contributed by atoms with van der Waals surface area (Å²) < 4.78 is 3.91. The van der Waals surface area contributed by atoms with Gasteiger partial charge in [-0.2, -0.15) is 5.10 Å². The van der Waals surface area contributed by atoms with Gasteiger partial charge in [-0.3, -0.25) is 9.25 Å². The van der Waals surface area contributed by atoms with Crippen molar-refractivity contribution in [2.45, 2.75) is 38.1 Å². The summed E-state index contributed by atoms with van der Waals surface area (Å²) in [5.41, 5.74) is 0. The van der Waals surface area contributed by atoms with E-state index in [0.29, 0.717) is 6.04 Å². The third kappa shape index (κ3) is 2.12. The van der Waals surface area contributed by atoms with E-state index in [9.17, 15) is 0 Å². The largest absolute Gasteiger partial charge is 0.353 e. The first-order valence-corrected chi connectivity index (χ1v) is 6.63. The van der Waals surface area contributed by atoms with Gasteiger partial charge in [-0.15, -0.1) is 0 Å². The molecule has 2 aromatic rings. The molecule has 1 fully saturated rings. The molecule has 0 saturated heterocycles. The van der Waals surface area contributed by atoms with Crippen molar-refractivity contribution in [1.29, 1.82) is 0 Å². The Hall–Kier alpha value is -1.78. The van der Waals surface area contributed by atoms with Gasteiger partial charge in [0, 0.05) is 31.5 Å². The Bertz CT molecular complexity index is 507. The quantitative estimate of drug-likeness (QED) is 0.903. The monoisotopic (exact) mass is 245 g/mol. The van der Waals surface area contributed by atoms with Crippen LogP contribution >= 0.6 is 0 Å². The maximum Gasteiger partial charge on any atom is 0.208 e. The molecule has 1 saturated carbocycles. The van der Waals surface area contributed by atoms with Crippen LogP contribution in [0.25, 0.3) is 5.82 Å². The summed E-state index contributed by atoms with van der Waals surface area (Å²) >= 11 is 0. The molecule has 5 heteroatoms. The van der Waals surface area contributed by atoms with Gasteiger partial charge in [-0.25, -0.2) is 4.98 Å². The van der Waals surface area contributed by atoms with Crippen molar-refractivity contribution in [2.24, 2.45) is 7.05 Å². The number of nitrogens with zero attached hydrogens (tertiary/aromatic N) is 4. The molecule has 5 nitrogen and oxygen atoms in total. The zero-order chi connectivity index (χ0) is 12.4. The number of rotatable bonds is 3. The molecule has 3 rings (SSSR count). The van der Waals surface area contributed by atoms with Crippen molar-refractivity contribution in [1.82, 2.24) is 19.3 Å². The number of hydrogen-bond donors (Lipinski definition) is 1. The molecule has 0 aromatic carbocycles. The molecule has 18 heavy (non-hydrogen) atoms. The third-order valence-electron chi connectivity index (χ3n) is 3.62. The maximum atomic E-state index is 4.42. The zero-order valence-corrected chi connectivity index (χ0v) is 10.7. The minimum Gasteiger partial charge on any atom is -0.353 e. The van der Waals surface area contributed by atoms with E-state index in [1.54, 1.807) is 6.20 Å². The second-order valence-corrected chi connectivity index (χ2v) is 4.91. The summed E-state index contributed by atoms with van der Waals surface area (Å²) in [4.78, 5) is 4.42. The molecule has 0 atom stereocenters. The van der Waals surface area contributed by atoms with E-state index in [2.05, 4.69) is 20.0 Å². The Labute approximate surface area is 107 Å². The molecule has 0 unspecified atom stereocenters. The second kappa shape index (κ2) is 4.84. The molecule has 0 radical (unpaired) electrons. The van der Waals surface area contributed by atoms with E-state index >= 15 is 0 Å². The molecular weight excluding hydrogens is 226 g/mol. The van der Waals surface area contributed by atoms with Gasteiger partial charge < -0.3 is 5.32 Å². The van der Waals surface area contributed by atoms with Crippen LogP contribution in [0.3, 0.4) is 0 Å². The fraction of sp³-hybridized carbons (Fsp3) is 0.538. The highest BCUT2D eigenvalue weighted by atomic mass is 15.3. The lowest BCUT2D eigenvalue weighted by atomic mass is 9.96. The van der Waals surface area contributed by atoms with Gasteiger partial charge in [0.1, 0.15) is 5.82 Å². The topological polar surface area (TPSA) is 47.7 Å². The number of anilines is 1. The van der Waals surface area contributed by atoms with Crippen molar-refractivity contribution in [3.63, 3.8) is 0 Å². The van der Waals surface area contributed by atoms with Crippen molar-refractivity contribution >= 4 is 5.95 Å². The molecule has 1 aliphatic rings. The Morgan fingerprint density at radius 3 is 2.78 bits per heavy atom. The summed E-state index contributed by atoms with van der Waals surface area (Å²) in [7, 11) is 1.94. The first kappa shape index (κ1) is 11.3. The summed E-state index contributed by atoms with van der Waals surface area (Å²) in [6.45, 7) is 0. The summed E-state index contributed by atoms with van der Waals surface area (Å²) in [6, 6.07) is 2.56. The molecule has 2 heterocycles. The van der Waals surface area contributed by atoms with Gasteiger partial charge in [0.15, 0.2) is 0 Å². The van der Waals surface area contributed by atoms with Crippen LogP contribution in [0.4, 0.5) is 5.95 Å². The van der Waals surface area contributed by atoms with Gasteiger partial charge >= 0.3 is 0 Å². The number of nitrogens with one attached hydrogen (secondary N) is 1. The van der Waals surface area contributed by atoms with Gasteiger partial charge in [-0.05, 0) is 12.8 Å². The third-order valence-corrected chi connectivity index (χ3v) is 3.62. The molecule has 1 aliphatic carbocycles. The van der Waals surface area contributed by atoms with Crippen molar-refractivity contribution in [2.75, 3.05) is 5.32 Å². The van der Waals surface area contributed by atoms with Crippen LogP contribution in [0.5, 0.6) is 0 Å². The number of aromatic nitrogens is 4. The SMILES string of the molecule is Cn1nccc1-n1ccnc1NC1CCCCC1. The Balaban J connectivity index is 1.81.